The van der Waals surface area contributed by atoms with E-state index in [0.29, 0.717) is 11.6 Å². The molecule has 5 nitrogen and oxygen atoms in total. The van der Waals surface area contributed by atoms with Crippen LogP contribution in [0.2, 0.25) is 0 Å². The summed E-state index contributed by atoms with van der Waals surface area (Å²) in [5.74, 6) is 1.86. The molecule has 0 aliphatic carbocycles. The number of aryl methyl sites for hydroxylation is 2. The number of aromatic nitrogens is 4. The Hall–Kier alpha value is -1.91. The molecule has 2 aromatic rings. The van der Waals surface area contributed by atoms with E-state index in [1.54, 1.807) is 6.07 Å². The predicted octanol–water partition coefficient (Wildman–Crippen LogP) is 1.73. The number of hydrogen-bond donors (Lipinski definition) is 1. The molecule has 17 heavy (non-hydrogen) atoms. The van der Waals surface area contributed by atoms with E-state index in [1.165, 1.54) is 5.56 Å². The van der Waals surface area contributed by atoms with Crippen molar-refractivity contribution in [2.75, 3.05) is 5.73 Å². The van der Waals surface area contributed by atoms with Crippen LogP contribution in [0.15, 0.2) is 6.07 Å². The molecule has 0 aromatic carbocycles. The fourth-order valence-corrected chi connectivity index (χ4v) is 2.09. The van der Waals surface area contributed by atoms with E-state index in [0.717, 1.165) is 23.6 Å². The van der Waals surface area contributed by atoms with Crippen LogP contribution in [0.4, 0.5) is 5.82 Å². The lowest BCUT2D eigenvalue weighted by molar-refractivity contribution is 0.793. The molecule has 5 heteroatoms. The highest BCUT2D eigenvalue weighted by molar-refractivity contribution is 5.39. The van der Waals surface area contributed by atoms with E-state index in [4.69, 9.17) is 5.73 Å². The number of nitrogens with two attached hydrogens (primary N) is 1. The Bertz CT molecular complexity index is 536. The molecule has 0 amide bonds. The van der Waals surface area contributed by atoms with Crippen LogP contribution in [0.25, 0.3) is 5.82 Å². The van der Waals surface area contributed by atoms with Gasteiger partial charge in [0.2, 0.25) is 0 Å². The highest BCUT2D eigenvalue weighted by Gasteiger charge is 2.12. The van der Waals surface area contributed by atoms with Gasteiger partial charge in [-0.3, -0.25) is 0 Å². The number of anilines is 1. The maximum absolute atomic E-state index is 5.73. The van der Waals surface area contributed by atoms with Gasteiger partial charge in [0, 0.05) is 11.8 Å². The maximum atomic E-state index is 5.73. The Kier molecular flexibility index (Phi) is 2.83. The minimum atomic E-state index is 0.470. The zero-order valence-electron chi connectivity index (χ0n) is 10.7. The molecule has 0 radical (unpaired) electrons. The minimum absolute atomic E-state index is 0.470. The van der Waals surface area contributed by atoms with Crippen LogP contribution in [0, 0.1) is 20.8 Å². The molecule has 0 aliphatic heterocycles. The highest BCUT2D eigenvalue weighted by atomic mass is 15.3. The van der Waals surface area contributed by atoms with Crippen molar-refractivity contribution in [3.05, 3.63) is 28.8 Å². The van der Waals surface area contributed by atoms with Gasteiger partial charge in [0.15, 0.2) is 5.82 Å². The van der Waals surface area contributed by atoms with E-state index < -0.39 is 0 Å². The van der Waals surface area contributed by atoms with Crippen LogP contribution in [-0.4, -0.2) is 19.7 Å². The van der Waals surface area contributed by atoms with Crippen molar-refractivity contribution in [1.82, 2.24) is 19.7 Å². The summed E-state index contributed by atoms with van der Waals surface area (Å²) in [7, 11) is 0. The quantitative estimate of drug-likeness (QED) is 0.854. The van der Waals surface area contributed by atoms with Crippen molar-refractivity contribution in [3.8, 4) is 5.82 Å². The molecule has 0 atom stereocenters. The van der Waals surface area contributed by atoms with E-state index in [-0.39, 0.29) is 0 Å². The first-order valence-corrected chi connectivity index (χ1v) is 5.69. The second-order valence-electron chi connectivity index (χ2n) is 4.11. The molecule has 2 heterocycles. The fraction of sp³-hybridized carbons (Fsp3) is 0.417. The Morgan fingerprint density at radius 3 is 2.47 bits per heavy atom. The average molecular weight is 231 g/mol. The topological polar surface area (TPSA) is 69.6 Å². The third-order valence-corrected chi connectivity index (χ3v) is 2.86. The molecule has 0 aliphatic rings. The lowest BCUT2D eigenvalue weighted by atomic mass is 10.1. The van der Waals surface area contributed by atoms with Gasteiger partial charge in [0.05, 0.1) is 5.69 Å². The molecule has 90 valence electrons. The van der Waals surface area contributed by atoms with Gasteiger partial charge in [0.25, 0.3) is 0 Å². The fourth-order valence-electron chi connectivity index (χ4n) is 2.09. The summed E-state index contributed by atoms with van der Waals surface area (Å²) in [6.07, 6.45) is 0.969. The normalized spacial score (nSPS) is 10.8. The molecule has 0 unspecified atom stereocenters. The summed E-state index contributed by atoms with van der Waals surface area (Å²) in [4.78, 5) is 8.43. The van der Waals surface area contributed by atoms with Gasteiger partial charge in [0.1, 0.15) is 11.6 Å². The second kappa shape index (κ2) is 4.16. The van der Waals surface area contributed by atoms with Gasteiger partial charge in [-0.05, 0) is 32.8 Å². The molecular weight excluding hydrogens is 214 g/mol. The van der Waals surface area contributed by atoms with Gasteiger partial charge in [-0.15, -0.1) is 0 Å². The molecular formula is C12H17N5. The minimum Gasteiger partial charge on any atom is -0.384 e. The molecule has 0 spiro atoms. The monoisotopic (exact) mass is 231 g/mol. The lowest BCUT2D eigenvalue weighted by Gasteiger charge is -2.05. The molecule has 0 fully saturated rings. The van der Waals surface area contributed by atoms with Crippen LogP contribution in [-0.2, 0) is 6.42 Å². The van der Waals surface area contributed by atoms with E-state index in [9.17, 15) is 0 Å². The summed E-state index contributed by atoms with van der Waals surface area (Å²) in [5.41, 5.74) is 9.15. The van der Waals surface area contributed by atoms with Gasteiger partial charge < -0.3 is 5.73 Å². The van der Waals surface area contributed by atoms with E-state index in [2.05, 4.69) is 22.0 Å². The average Bonchev–Trinajstić information content (AvgIpc) is 2.52. The third-order valence-electron chi connectivity index (χ3n) is 2.86. The number of rotatable bonds is 2. The van der Waals surface area contributed by atoms with Crippen molar-refractivity contribution >= 4 is 5.82 Å². The van der Waals surface area contributed by atoms with Crippen molar-refractivity contribution < 1.29 is 0 Å². The molecule has 2 N–H and O–H groups in total. The number of nitrogens with zero attached hydrogens (tertiary/aromatic N) is 4. The highest BCUT2D eigenvalue weighted by Crippen LogP contribution is 2.17. The van der Waals surface area contributed by atoms with E-state index >= 15 is 0 Å². The van der Waals surface area contributed by atoms with Gasteiger partial charge >= 0.3 is 0 Å². The van der Waals surface area contributed by atoms with Crippen LogP contribution in [0.3, 0.4) is 0 Å². The summed E-state index contributed by atoms with van der Waals surface area (Å²) in [6.45, 7) is 8.01. The number of hydrogen-bond acceptors (Lipinski definition) is 4. The van der Waals surface area contributed by atoms with Crippen molar-refractivity contribution in [2.45, 2.75) is 34.1 Å². The Balaban J connectivity index is 2.60. The van der Waals surface area contributed by atoms with Gasteiger partial charge in [-0.25, -0.2) is 14.6 Å². The smallest absolute Gasteiger partial charge is 0.159 e. The summed E-state index contributed by atoms with van der Waals surface area (Å²) in [5, 5.41) is 4.50. The summed E-state index contributed by atoms with van der Waals surface area (Å²) < 4.78 is 1.83. The largest absolute Gasteiger partial charge is 0.384 e. The third kappa shape index (κ3) is 2.00. The first-order chi connectivity index (χ1) is 8.02. The molecule has 2 aromatic heterocycles. The first-order valence-electron chi connectivity index (χ1n) is 5.69. The summed E-state index contributed by atoms with van der Waals surface area (Å²) >= 11 is 0. The zero-order valence-corrected chi connectivity index (χ0v) is 10.7. The van der Waals surface area contributed by atoms with Crippen LogP contribution in [0.5, 0.6) is 0 Å². The standard InChI is InChI=1S/C12H17N5/c1-5-10-7(2)16-17(8(10)3)12-6-11(13)14-9(4)15-12/h6H,5H2,1-4H3,(H2,13,14,15). The van der Waals surface area contributed by atoms with Crippen molar-refractivity contribution in [1.29, 1.82) is 0 Å². The van der Waals surface area contributed by atoms with E-state index in [1.807, 2.05) is 25.5 Å². The van der Waals surface area contributed by atoms with Crippen molar-refractivity contribution in [2.24, 2.45) is 0 Å². The zero-order chi connectivity index (χ0) is 12.6. The van der Waals surface area contributed by atoms with Crippen LogP contribution < -0.4 is 5.73 Å². The van der Waals surface area contributed by atoms with Gasteiger partial charge in [-0.1, -0.05) is 6.92 Å². The molecule has 0 bridgehead atoms. The predicted molar refractivity (Wildman–Crippen MR) is 67.2 cm³/mol. The Morgan fingerprint density at radius 1 is 1.24 bits per heavy atom. The molecule has 2 rings (SSSR count). The van der Waals surface area contributed by atoms with Crippen LogP contribution in [0.1, 0.15) is 29.7 Å². The summed E-state index contributed by atoms with van der Waals surface area (Å²) in [6, 6.07) is 1.74. The second-order valence-corrected chi connectivity index (χ2v) is 4.11. The van der Waals surface area contributed by atoms with Gasteiger partial charge in [-0.2, -0.15) is 5.10 Å². The Morgan fingerprint density at radius 2 is 1.94 bits per heavy atom. The van der Waals surface area contributed by atoms with Crippen molar-refractivity contribution in [3.63, 3.8) is 0 Å². The SMILES string of the molecule is CCc1c(C)nn(-c2cc(N)nc(C)n2)c1C. The number of nitrogen functional groups attached to an aromatic ring is 1. The maximum Gasteiger partial charge on any atom is 0.159 e. The van der Waals surface area contributed by atoms with Crippen LogP contribution >= 0.6 is 0 Å². The molecule has 0 saturated carbocycles. The lowest BCUT2D eigenvalue weighted by Crippen LogP contribution is -2.06. The Labute approximate surface area is 101 Å². The molecule has 0 saturated heterocycles. The first kappa shape index (κ1) is 11.6.